The van der Waals surface area contributed by atoms with Gasteiger partial charge in [0.2, 0.25) is 11.8 Å². The van der Waals surface area contributed by atoms with E-state index in [0.717, 1.165) is 0 Å². The quantitative estimate of drug-likeness (QED) is 0.543. The second-order valence-corrected chi connectivity index (χ2v) is 7.37. The number of anilines is 1. The van der Waals surface area contributed by atoms with Crippen LogP contribution in [0.15, 0.2) is 52.2 Å². The van der Waals surface area contributed by atoms with Crippen molar-refractivity contribution in [3.63, 3.8) is 0 Å². The number of hydrogen-bond donors (Lipinski definition) is 2. The van der Waals surface area contributed by atoms with Gasteiger partial charge in [0.25, 0.3) is 0 Å². The molecule has 148 valence electrons. The zero-order chi connectivity index (χ0) is 20.8. The summed E-state index contributed by atoms with van der Waals surface area (Å²) in [5.41, 5.74) is 6.10. The lowest BCUT2D eigenvalue weighted by Gasteiger charge is -2.13. The largest absolute Gasteiger partial charge is 0.461 e. The van der Waals surface area contributed by atoms with Crippen LogP contribution in [0.2, 0.25) is 0 Å². The molecule has 0 fully saturated rings. The molecule has 0 aliphatic carbocycles. The molecular formula is C19H18N6O3S. The monoisotopic (exact) mass is 410 g/mol. The minimum absolute atomic E-state index is 0.0927. The van der Waals surface area contributed by atoms with Crippen molar-refractivity contribution in [2.45, 2.75) is 30.3 Å². The van der Waals surface area contributed by atoms with Gasteiger partial charge in [-0.2, -0.15) is 5.26 Å². The molecule has 0 saturated carbocycles. The van der Waals surface area contributed by atoms with E-state index in [1.807, 2.05) is 6.07 Å². The molecule has 1 unspecified atom stereocenters. The molecule has 0 saturated heterocycles. The predicted molar refractivity (Wildman–Crippen MR) is 107 cm³/mol. The summed E-state index contributed by atoms with van der Waals surface area (Å²) in [6, 6.07) is 12.3. The van der Waals surface area contributed by atoms with Gasteiger partial charge in [-0.3, -0.25) is 14.2 Å². The van der Waals surface area contributed by atoms with Crippen molar-refractivity contribution in [2.75, 3.05) is 5.32 Å². The van der Waals surface area contributed by atoms with E-state index in [-0.39, 0.29) is 18.9 Å². The number of hydrogen-bond acceptors (Lipinski definition) is 7. The maximum absolute atomic E-state index is 12.6. The molecule has 9 nitrogen and oxygen atoms in total. The van der Waals surface area contributed by atoms with Crippen LogP contribution < -0.4 is 11.1 Å². The average Bonchev–Trinajstić information content (AvgIpc) is 3.36. The Balaban J connectivity index is 1.78. The first-order valence-corrected chi connectivity index (χ1v) is 9.59. The predicted octanol–water partition coefficient (Wildman–Crippen LogP) is 2.40. The maximum Gasteiger partial charge on any atom is 0.237 e. The first-order chi connectivity index (χ1) is 14.0. The molecule has 1 aromatic carbocycles. The van der Waals surface area contributed by atoms with Gasteiger partial charge in [0.1, 0.15) is 6.07 Å². The molecule has 3 rings (SSSR count). The standard InChI is InChI=1S/C19H18N6O3S/c1-12(18(27)22-14-6-3-2-5-13(14)11-20)29-19-24-23-17(15-7-4-10-28-15)25(19)9-8-16(21)26/h2-7,10,12H,8-9H2,1H3,(H2,21,26)(H,22,27). The van der Waals surface area contributed by atoms with Crippen molar-refractivity contribution < 1.29 is 14.0 Å². The van der Waals surface area contributed by atoms with Crippen LogP contribution in [0.4, 0.5) is 5.69 Å². The molecule has 1 atom stereocenters. The van der Waals surface area contributed by atoms with E-state index in [0.29, 0.717) is 28.0 Å². The van der Waals surface area contributed by atoms with Crippen molar-refractivity contribution in [2.24, 2.45) is 5.73 Å². The van der Waals surface area contributed by atoms with E-state index in [1.54, 1.807) is 47.9 Å². The van der Waals surface area contributed by atoms with Crippen LogP contribution >= 0.6 is 11.8 Å². The van der Waals surface area contributed by atoms with Crippen LogP contribution in [0.3, 0.4) is 0 Å². The van der Waals surface area contributed by atoms with Gasteiger partial charge < -0.3 is 15.5 Å². The third-order valence-electron chi connectivity index (χ3n) is 4.00. The lowest BCUT2D eigenvalue weighted by molar-refractivity contribution is -0.118. The van der Waals surface area contributed by atoms with E-state index in [4.69, 9.17) is 15.4 Å². The molecule has 2 amide bonds. The summed E-state index contributed by atoms with van der Waals surface area (Å²) in [4.78, 5) is 23.9. The molecule has 0 radical (unpaired) electrons. The highest BCUT2D eigenvalue weighted by molar-refractivity contribution is 8.00. The molecule has 0 spiro atoms. The fourth-order valence-electron chi connectivity index (χ4n) is 2.52. The highest BCUT2D eigenvalue weighted by atomic mass is 32.2. The Morgan fingerprint density at radius 2 is 2.10 bits per heavy atom. The van der Waals surface area contributed by atoms with Gasteiger partial charge in [0, 0.05) is 13.0 Å². The number of nitrogens with zero attached hydrogens (tertiary/aromatic N) is 4. The topological polar surface area (TPSA) is 140 Å². The van der Waals surface area contributed by atoms with Crippen molar-refractivity contribution in [3.05, 3.63) is 48.2 Å². The number of aromatic nitrogens is 3. The molecule has 0 bridgehead atoms. The molecular weight excluding hydrogens is 392 g/mol. The minimum atomic E-state index is -0.539. The fourth-order valence-corrected chi connectivity index (χ4v) is 3.40. The molecule has 2 heterocycles. The highest BCUT2D eigenvalue weighted by Crippen LogP contribution is 2.28. The van der Waals surface area contributed by atoms with Gasteiger partial charge in [-0.25, -0.2) is 0 Å². The van der Waals surface area contributed by atoms with Crippen LogP contribution in [0, 0.1) is 11.3 Å². The van der Waals surface area contributed by atoms with Crippen molar-refractivity contribution in [3.8, 4) is 17.7 Å². The number of carbonyl (C=O) groups is 2. The van der Waals surface area contributed by atoms with Gasteiger partial charge in [-0.1, -0.05) is 23.9 Å². The highest BCUT2D eigenvalue weighted by Gasteiger charge is 2.22. The average molecular weight is 410 g/mol. The summed E-state index contributed by atoms with van der Waals surface area (Å²) < 4.78 is 7.07. The lowest BCUT2D eigenvalue weighted by Crippen LogP contribution is -2.23. The third kappa shape index (κ3) is 4.83. The van der Waals surface area contributed by atoms with Crippen LogP contribution in [0.5, 0.6) is 0 Å². The van der Waals surface area contributed by atoms with Crippen LogP contribution in [0.25, 0.3) is 11.6 Å². The van der Waals surface area contributed by atoms with E-state index < -0.39 is 11.2 Å². The van der Waals surface area contributed by atoms with Crippen LogP contribution in [-0.2, 0) is 16.1 Å². The van der Waals surface area contributed by atoms with Gasteiger partial charge >= 0.3 is 0 Å². The Morgan fingerprint density at radius 1 is 1.31 bits per heavy atom. The second kappa shape index (κ2) is 9.07. The molecule has 2 aromatic heterocycles. The van der Waals surface area contributed by atoms with E-state index in [2.05, 4.69) is 15.5 Å². The van der Waals surface area contributed by atoms with Gasteiger partial charge in [-0.05, 0) is 31.2 Å². The number of para-hydroxylation sites is 1. The number of nitrogens with one attached hydrogen (secondary N) is 1. The summed E-state index contributed by atoms with van der Waals surface area (Å²) in [6.45, 7) is 1.97. The number of nitrogens with two attached hydrogens (primary N) is 1. The summed E-state index contributed by atoms with van der Waals surface area (Å²) in [7, 11) is 0. The first-order valence-electron chi connectivity index (χ1n) is 8.71. The van der Waals surface area contributed by atoms with Crippen molar-refractivity contribution in [1.82, 2.24) is 14.8 Å². The smallest absolute Gasteiger partial charge is 0.237 e. The van der Waals surface area contributed by atoms with Crippen molar-refractivity contribution in [1.29, 1.82) is 5.26 Å². The second-order valence-electron chi connectivity index (χ2n) is 6.06. The summed E-state index contributed by atoms with van der Waals surface area (Å²) in [5.74, 6) is 0.190. The Hall–Kier alpha value is -3.58. The van der Waals surface area contributed by atoms with Gasteiger partial charge in [0.05, 0.1) is 22.8 Å². The van der Waals surface area contributed by atoms with Crippen LogP contribution in [0.1, 0.15) is 18.9 Å². The van der Waals surface area contributed by atoms with E-state index >= 15 is 0 Å². The zero-order valence-electron chi connectivity index (χ0n) is 15.5. The number of thioether (sulfide) groups is 1. The minimum Gasteiger partial charge on any atom is -0.461 e. The fraction of sp³-hybridized carbons (Fsp3) is 0.211. The number of nitriles is 1. The number of rotatable bonds is 8. The van der Waals surface area contributed by atoms with E-state index in [9.17, 15) is 9.59 Å². The van der Waals surface area contributed by atoms with Crippen molar-refractivity contribution >= 4 is 29.3 Å². The summed E-state index contributed by atoms with van der Waals surface area (Å²) in [5, 5.41) is 20.1. The molecule has 3 N–H and O–H groups in total. The zero-order valence-corrected chi connectivity index (χ0v) is 16.3. The molecule has 10 heteroatoms. The van der Waals surface area contributed by atoms with Gasteiger partial charge in [-0.15, -0.1) is 10.2 Å². The van der Waals surface area contributed by atoms with E-state index in [1.165, 1.54) is 18.0 Å². The lowest BCUT2D eigenvalue weighted by atomic mass is 10.2. The Bertz CT molecular complexity index is 1050. The molecule has 0 aliphatic rings. The Labute approximate surface area is 170 Å². The Kier molecular flexibility index (Phi) is 6.31. The Morgan fingerprint density at radius 3 is 2.79 bits per heavy atom. The number of benzene rings is 1. The maximum atomic E-state index is 12.6. The summed E-state index contributed by atoms with van der Waals surface area (Å²) in [6.07, 6.45) is 1.60. The number of primary amides is 1. The SMILES string of the molecule is CC(Sc1nnc(-c2ccco2)n1CCC(N)=O)C(=O)Nc1ccccc1C#N. The summed E-state index contributed by atoms with van der Waals surface area (Å²) >= 11 is 1.18. The third-order valence-corrected chi connectivity index (χ3v) is 5.08. The van der Waals surface area contributed by atoms with Crippen LogP contribution in [-0.4, -0.2) is 31.8 Å². The first kappa shape index (κ1) is 20.2. The number of furan rings is 1. The normalized spacial score (nSPS) is 11.6. The molecule has 29 heavy (non-hydrogen) atoms. The molecule has 0 aliphatic heterocycles. The molecule has 3 aromatic rings. The number of amides is 2. The number of carbonyl (C=O) groups excluding carboxylic acids is 2. The van der Waals surface area contributed by atoms with Gasteiger partial charge in [0.15, 0.2) is 16.7 Å².